The SMILES string of the molecule is Fc1cnc(NCCCC(F)(F)F)c(F)c1. The molecule has 0 radical (unpaired) electrons. The fourth-order valence-corrected chi connectivity index (χ4v) is 1.04. The van der Waals surface area contributed by atoms with Gasteiger partial charge in [0.15, 0.2) is 11.6 Å². The van der Waals surface area contributed by atoms with Gasteiger partial charge in [-0.3, -0.25) is 0 Å². The van der Waals surface area contributed by atoms with Gasteiger partial charge < -0.3 is 5.32 Å². The van der Waals surface area contributed by atoms with Gasteiger partial charge in [-0.05, 0) is 6.42 Å². The summed E-state index contributed by atoms with van der Waals surface area (Å²) in [5.74, 6) is -2.01. The molecular weight excluding hydrogens is 231 g/mol. The minimum atomic E-state index is -4.23. The Labute approximate surface area is 88.5 Å². The van der Waals surface area contributed by atoms with Crippen LogP contribution < -0.4 is 5.32 Å². The lowest BCUT2D eigenvalue weighted by Crippen LogP contribution is -2.12. The van der Waals surface area contributed by atoms with E-state index in [0.717, 1.165) is 6.20 Å². The molecule has 0 bridgehead atoms. The number of hydrogen-bond acceptors (Lipinski definition) is 2. The van der Waals surface area contributed by atoms with Crippen LogP contribution in [-0.4, -0.2) is 17.7 Å². The van der Waals surface area contributed by atoms with Gasteiger partial charge in [-0.1, -0.05) is 0 Å². The fraction of sp³-hybridized carbons (Fsp3) is 0.444. The van der Waals surface area contributed by atoms with Crippen molar-refractivity contribution in [2.45, 2.75) is 19.0 Å². The van der Waals surface area contributed by atoms with E-state index in [1.165, 1.54) is 0 Å². The molecule has 0 atom stereocenters. The van der Waals surface area contributed by atoms with Gasteiger partial charge in [0.25, 0.3) is 0 Å². The van der Waals surface area contributed by atoms with Crippen molar-refractivity contribution in [2.24, 2.45) is 0 Å². The van der Waals surface area contributed by atoms with Gasteiger partial charge >= 0.3 is 6.18 Å². The van der Waals surface area contributed by atoms with E-state index in [2.05, 4.69) is 10.3 Å². The molecule has 0 aromatic carbocycles. The third kappa shape index (κ3) is 4.41. The zero-order chi connectivity index (χ0) is 12.2. The van der Waals surface area contributed by atoms with Gasteiger partial charge in [0, 0.05) is 19.0 Å². The molecule has 0 aliphatic carbocycles. The third-order valence-electron chi connectivity index (χ3n) is 1.74. The summed E-state index contributed by atoms with van der Waals surface area (Å²) in [5, 5.41) is 2.36. The van der Waals surface area contributed by atoms with Crippen LogP contribution in [0.1, 0.15) is 12.8 Å². The highest BCUT2D eigenvalue weighted by atomic mass is 19.4. The number of aromatic nitrogens is 1. The monoisotopic (exact) mass is 240 g/mol. The Kier molecular flexibility index (Phi) is 4.03. The van der Waals surface area contributed by atoms with Crippen LogP contribution in [0.4, 0.5) is 27.8 Å². The van der Waals surface area contributed by atoms with Crippen molar-refractivity contribution in [1.29, 1.82) is 0 Å². The van der Waals surface area contributed by atoms with E-state index in [0.29, 0.717) is 6.07 Å². The maximum atomic E-state index is 12.9. The minimum Gasteiger partial charge on any atom is -0.368 e. The first kappa shape index (κ1) is 12.7. The number of halogens is 5. The van der Waals surface area contributed by atoms with Gasteiger partial charge in [0.1, 0.15) is 5.82 Å². The van der Waals surface area contributed by atoms with Crippen LogP contribution in [0.15, 0.2) is 12.3 Å². The molecule has 0 aliphatic rings. The number of anilines is 1. The van der Waals surface area contributed by atoms with E-state index in [1.54, 1.807) is 0 Å². The normalized spacial score (nSPS) is 11.6. The summed E-state index contributed by atoms with van der Waals surface area (Å²) in [6.45, 7) is -0.0743. The van der Waals surface area contributed by atoms with E-state index in [4.69, 9.17) is 0 Å². The van der Waals surface area contributed by atoms with E-state index < -0.39 is 24.2 Å². The molecular formula is C9H9F5N2. The first-order chi connectivity index (χ1) is 7.38. The lowest BCUT2D eigenvalue weighted by Gasteiger charge is -2.08. The number of alkyl halides is 3. The molecule has 0 spiro atoms. The molecule has 16 heavy (non-hydrogen) atoms. The summed E-state index contributed by atoms with van der Waals surface area (Å²) in [4.78, 5) is 3.37. The van der Waals surface area contributed by atoms with Crippen LogP contribution in [0.3, 0.4) is 0 Å². The van der Waals surface area contributed by atoms with Crippen LogP contribution in [0.2, 0.25) is 0 Å². The Morgan fingerprint density at radius 3 is 2.50 bits per heavy atom. The highest BCUT2D eigenvalue weighted by Gasteiger charge is 2.25. The number of hydrogen-bond donors (Lipinski definition) is 1. The van der Waals surface area contributed by atoms with Gasteiger partial charge in [-0.15, -0.1) is 0 Å². The zero-order valence-electron chi connectivity index (χ0n) is 8.11. The second-order valence-corrected chi connectivity index (χ2v) is 3.13. The molecule has 0 fully saturated rings. The Morgan fingerprint density at radius 2 is 1.94 bits per heavy atom. The van der Waals surface area contributed by atoms with Crippen molar-refractivity contribution >= 4 is 5.82 Å². The number of nitrogens with one attached hydrogen (secondary N) is 1. The highest BCUT2D eigenvalue weighted by molar-refractivity contribution is 5.35. The summed E-state index contributed by atoms with van der Waals surface area (Å²) in [7, 11) is 0. The predicted octanol–water partition coefficient (Wildman–Crippen LogP) is 3.11. The van der Waals surface area contributed by atoms with Crippen molar-refractivity contribution in [3.05, 3.63) is 23.9 Å². The Bertz CT molecular complexity index is 350. The molecule has 1 aromatic rings. The molecule has 7 heteroatoms. The molecule has 0 unspecified atom stereocenters. The first-order valence-corrected chi connectivity index (χ1v) is 4.50. The summed E-state index contributed by atoms with van der Waals surface area (Å²) < 4.78 is 60.6. The van der Waals surface area contributed by atoms with Gasteiger partial charge in [0.05, 0.1) is 6.20 Å². The van der Waals surface area contributed by atoms with Crippen LogP contribution in [0.25, 0.3) is 0 Å². The third-order valence-corrected chi connectivity index (χ3v) is 1.74. The van der Waals surface area contributed by atoms with Crippen molar-refractivity contribution in [2.75, 3.05) is 11.9 Å². The number of pyridine rings is 1. The molecule has 1 rings (SSSR count). The zero-order valence-corrected chi connectivity index (χ0v) is 8.11. The summed E-state index contributed by atoms with van der Waals surface area (Å²) in [6, 6.07) is 0.610. The van der Waals surface area contributed by atoms with Gasteiger partial charge in [0.2, 0.25) is 0 Å². The minimum absolute atomic E-state index is 0.0743. The smallest absolute Gasteiger partial charge is 0.368 e. The fourth-order valence-electron chi connectivity index (χ4n) is 1.04. The Hall–Kier alpha value is -1.40. The average Bonchev–Trinajstić information content (AvgIpc) is 2.13. The molecule has 0 amide bonds. The Morgan fingerprint density at radius 1 is 1.25 bits per heavy atom. The molecule has 1 heterocycles. The summed E-state index contributed by atoms with van der Waals surface area (Å²) >= 11 is 0. The van der Waals surface area contributed by atoms with E-state index >= 15 is 0 Å². The summed E-state index contributed by atoms with van der Waals surface area (Å²) in [6.07, 6.45) is -4.59. The molecule has 0 saturated heterocycles. The van der Waals surface area contributed by atoms with E-state index in [-0.39, 0.29) is 18.8 Å². The van der Waals surface area contributed by atoms with Crippen molar-refractivity contribution in [3.63, 3.8) is 0 Å². The van der Waals surface area contributed by atoms with Crippen LogP contribution in [-0.2, 0) is 0 Å². The van der Waals surface area contributed by atoms with Crippen molar-refractivity contribution in [3.8, 4) is 0 Å². The number of nitrogens with zero attached hydrogens (tertiary/aromatic N) is 1. The predicted molar refractivity (Wildman–Crippen MR) is 47.9 cm³/mol. The topological polar surface area (TPSA) is 24.9 Å². The molecule has 1 aromatic heterocycles. The van der Waals surface area contributed by atoms with Gasteiger partial charge in [-0.25, -0.2) is 13.8 Å². The molecule has 2 nitrogen and oxygen atoms in total. The molecule has 1 N–H and O–H groups in total. The van der Waals surface area contributed by atoms with Crippen molar-refractivity contribution < 1.29 is 22.0 Å². The number of rotatable bonds is 4. The maximum absolute atomic E-state index is 12.9. The highest BCUT2D eigenvalue weighted by Crippen LogP contribution is 2.21. The molecule has 90 valence electrons. The largest absolute Gasteiger partial charge is 0.389 e. The van der Waals surface area contributed by atoms with Crippen LogP contribution in [0, 0.1) is 11.6 Å². The quantitative estimate of drug-likeness (QED) is 0.646. The summed E-state index contributed by atoms with van der Waals surface area (Å²) in [5.41, 5.74) is 0. The Balaban J connectivity index is 2.38. The first-order valence-electron chi connectivity index (χ1n) is 4.50. The van der Waals surface area contributed by atoms with E-state index in [9.17, 15) is 22.0 Å². The van der Waals surface area contributed by atoms with Crippen LogP contribution >= 0.6 is 0 Å². The lowest BCUT2D eigenvalue weighted by atomic mass is 10.3. The maximum Gasteiger partial charge on any atom is 0.389 e. The second-order valence-electron chi connectivity index (χ2n) is 3.13. The second kappa shape index (κ2) is 5.09. The standard InChI is InChI=1S/C9H9F5N2/c10-6-4-7(11)8(16-5-6)15-3-1-2-9(12,13)14/h4-5H,1-3H2,(H,15,16). The average molecular weight is 240 g/mol. The van der Waals surface area contributed by atoms with Crippen LogP contribution in [0.5, 0.6) is 0 Å². The van der Waals surface area contributed by atoms with E-state index in [1.807, 2.05) is 0 Å². The lowest BCUT2D eigenvalue weighted by molar-refractivity contribution is -0.134. The molecule has 0 aliphatic heterocycles. The van der Waals surface area contributed by atoms with Gasteiger partial charge in [-0.2, -0.15) is 13.2 Å². The molecule has 0 saturated carbocycles. The van der Waals surface area contributed by atoms with Crippen molar-refractivity contribution in [1.82, 2.24) is 4.98 Å².